The van der Waals surface area contributed by atoms with Crippen molar-refractivity contribution in [1.29, 1.82) is 0 Å². The van der Waals surface area contributed by atoms with E-state index in [1.54, 1.807) is 0 Å². The molecule has 0 saturated heterocycles. The fourth-order valence-electron chi connectivity index (χ4n) is 4.19. The number of fused-ring (bicyclic) bond motifs is 1. The van der Waals surface area contributed by atoms with Crippen LogP contribution in [0.3, 0.4) is 0 Å². The fourth-order valence-corrected chi connectivity index (χ4v) is 4.31. The number of hydrogen-bond acceptors (Lipinski definition) is 2. The van der Waals surface area contributed by atoms with E-state index in [9.17, 15) is 4.79 Å². The summed E-state index contributed by atoms with van der Waals surface area (Å²) in [4.78, 5) is 18.2. The Balaban J connectivity index is 1.57. The minimum absolute atomic E-state index is 0.119. The van der Waals surface area contributed by atoms with Crippen molar-refractivity contribution in [2.75, 3.05) is 0 Å². The summed E-state index contributed by atoms with van der Waals surface area (Å²) in [5.41, 5.74) is 4.80. The van der Waals surface area contributed by atoms with Crippen LogP contribution < -0.4 is 5.32 Å². The Morgan fingerprint density at radius 1 is 0.794 bits per heavy atom. The maximum Gasteiger partial charge on any atom is 0.251 e. The number of carbonyl (C=O) groups is 1. The van der Waals surface area contributed by atoms with Gasteiger partial charge in [-0.1, -0.05) is 84.4 Å². The van der Waals surface area contributed by atoms with Crippen LogP contribution in [-0.2, 0) is 13.0 Å². The highest BCUT2D eigenvalue weighted by Gasteiger charge is 2.23. The van der Waals surface area contributed by atoms with Gasteiger partial charge in [0.1, 0.15) is 5.82 Å². The van der Waals surface area contributed by atoms with Gasteiger partial charge in [-0.3, -0.25) is 4.79 Å². The molecule has 1 aromatic heterocycles. The first-order chi connectivity index (χ1) is 16.7. The van der Waals surface area contributed by atoms with E-state index in [0.717, 1.165) is 28.0 Å². The minimum Gasteiger partial charge on any atom is -0.342 e. The third-order valence-corrected chi connectivity index (χ3v) is 6.13. The summed E-state index contributed by atoms with van der Waals surface area (Å²) in [6.45, 7) is 0.625. The number of para-hydroxylation sites is 2. The highest BCUT2D eigenvalue weighted by Crippen LogP contribution is 2.26. The average molecular weight is 466 g/mol. The predicted octanol–water partition coefficient (Wildman–Crippen LogP) is 6.45. The van der Waals surface area contributed by atoms with E-state index < -0.39 is 0 Å². The van der Waals surface area contributed by atoms with Crippen molar-refractivity contribution < 1.29 is 4.79 Å². The molecule has 0 radical (unpaired) electrons. The Kier molecular flexibility index (Phi) is 6.41. The zero-order valence-corrected chi connectivity index (χ0v) is 19.3. The first-order valence-electron chi connectivity index (χ1n) is 11.3. The molecule has 34 heavy (non-hydrogen) atoms. The predicted molar refractivity (Wildman–Crippen MR) is 137 cm³/mol. The molecule has 168 valence electrons. The maximum atomic E-state index is 13.2. The molecule has 1 atom stereocenters. The van der Waals surface area contributed by atoms with Crippen LogP contribution in [0, 0.1) is 0 Å². The second-order valence-corrected chi connectivity index (χ2v) is 8.69. The van der Waals surface area contributed by atoms with Crippen molar-refractivity contribution >= 4 is 28.5 Å². The smallest absolute Gasteiger partial charge is 0.251 e. The molecule has 1 N–H and O–H groups in total. The van der Waals surface area contributed by atoms with Gasteiger partial charge in [0, 0.05) is 17.1 Å². The van der Waals surface area contributed by atoms with Crippen molar-refractivity contribution in [1.82, 2.24) is 14.9 Å². The molecule has 5 rings (SSSR count). The van der Waals surface area contributed by atoms with E-state index in [1.165, 1.54) is 0 Å². The maximum absolute atomic E-state index is 13.2. The summed E-state index contributed by atoms with van der Waals surface area (Å²) >= 11 is 6.11. The third-order valence-electron chi connectivity index (χ3n) is 5.87. The second-order valence-electron chi connectivity index (χ2n) is 8.25. The number of imidazole rings is 1. The van der Waals surface area contributed by atoms with Crippen molar-refractivity contribution in [3.63, 3.8) is 0 Å². The lowest BCUT2D eigenvalue weighted by atomic mass is 10.0. The van der Waals surface area contributed by atoms with Gasteiger partial charge in [-0.15, -0.1) is 0 Å². The molecule has 0 aliphatic carbocycles. The molecule has 0 spiro atoms. The van der Waals surface area contributed by atoms with Crippen LogP contribution in [0.1, 0.15) is 33.4 Å². The first kappa shape index (κ1) is 21.9. The molecule has 0 aliphatic heterocycles. The summed E-state index contributed by atoms with van der Waals surface area (Å²) in [5, 5.41) is 3.96. The topological polar surface area (TPSA) is 46.9 Å². The lowest BCUT2D eigenvalue weighted by Gasteiger charge is -2.21. The van der Waals surface area contributed by atoms with Crippen LogP contribution in [0.25, 0.3) is 11.0 Å². The van der Waals surface area contributed by atoms with Crippen molar-refractivity contribution in [3.05, 3.63) is 137 Å². The summed E-state index contributed by atoms with van der Waals surface area (Å²) in [6.07, 6.45) is 0.628. The van der Waals surface area contributed by atoms with E-state index in [1.807, 2.05) is 91.0 Å². The summed E-state index contributed by atoms with van der Waals surface area (Å²) in [5.74, 6) is 0.705. The third kappa shape index (κ3) is 4.87. The monoisotopic (exact) mass is 465 g/mol. The Hall–Kier alpha value is -3.89. The van der Waals surface area contributed by atoms with Gasteiger partial charge in [0.05, 0.1) is 17.1 Å². The number of amides is 1. The van der Waals surface area contributed by atoms with Crippen molar-refractivity contribution in [3.8, 4) is 0 Å². The number of rotatable bonds is 7. The quantitative estimate of drug-likeness (QED) is 0.300. The van der Waals surface area contributed by atoms with Crippen LogP contribution in [0.4, 0.5) is 0 Å². The Labute approximate surface area is 203 Å². The number of aromatic nitrogens is 2. The molecule has 0 bridgehead atoms. The second kappa shape index (κ2) is 9.94. The van der Waals surface area contributed by atoms with Gasteiger partial charge in [0.25, 0.3) is 5.91 Å². The fraction of sp³-hybridized carbons (Fsp3) is 0.103. The van der Waals surface area contributed by atoms with Gasteiger partial charge in [0.15, 0.2) is 0 Å². The molecule has 0 unspecified atom stereocenters. The molecule has 5 aromatic rings. The Morgan fingerprint density at radius 3 is 2.18 bits per heavy atom. The van der Waals surface area contributed by atoms with Crippen LogP contribution in [0.5, 0.6) is 0 Å². The molecule has 1 amide bonds. The molecule has 0 fully saturated rings. The Bertz CT molecular complexity index is 1400. The molecule has 0 aliphatic rings. The van der Waals surface area contributed by atoms with Gasteiger partial charge in [0.2, 0.25) is 0 Å². The summed E-state index contributed by atoms with van der Waals surface area (Å²) in [7, 11) is 0. The number of nitrogens with one attached hydrogen (secondary N) is 1. The van der Waals surface area contributed by atoms with Crippen molar-refractivity contribution in [2.24, 2.45) is 0 Å². The highest BCUT2D eigenvalue weighted by atomic mass is 35.5. The first-order valence-corrected chi connectivity index (χ1v) is 11.6. The molecule has 4 aromatic carbocycles. The molecule has 4 nitrogen and oxygen atoms in total. The number of halogens is 1. The van der Waals surface area contributed by atoms with Gasteiger partial charge in [-0.05, 0) is 53.9 Å². The zero-order chi connectivity index (χ0) is 23.3. The molecular weight excluding hydrogens is 442 g/mol. The van der Waals surface area contributed by atoms with E-state index >= 15 is 0 Å². The van der Waals surface area contributed by atoms with Crippen LogP contribution in [0.15, 0.2) is 109 Å². The number of benzene rings is 4. The van der Waals surface area contributed by atoms with E-state index in [0.29, 0.717) is 23.6 Å². The normalized spacial score (nSPS) is 11.9. The molecule has 0 saturated carbocycles. The van der Waals surface area contributed by atoms with E-state index in [2.05, 4.69) is 28.1 Å². The lowest BCUT2D eigenvalue weighted by molar-refractivity contribution is 0.0934. The standard InChI is InChI=1S/C29H24ClN3O/c30-24-17-15-22(16-18-24)20-33-27-14-8-7-13-25(27)31-28(33)26(19-21-9-3-1-4-10-21)32-29(34)23-11-5-2-6-12-23/h1-18,26H,19-20H2,(H,32,34)/t26-/m0/s1. The zero-order valence-electron chi connectivity index (χ0n) is 18.6. The van der Waals surface area contributed by atoms with Gasteiger partial charge < -0.3 is 9.88 Å². The van der Waals surface area contributed by atoms with Crippen LogP contribution in [-0.4, -0.2) is 15.5 Å². The summed E-state index contributed by atoms with van der Waals surface area (Å²) < 4.78 is 2.19. The van der Waals surface area contributed by atoms with Crippen LogP contribution >= 0.6 is 11.6 Å². The molecule has 5 heteroatoms. The molecular formula is C29H24ClN3O. The SMILES string of the molecule is O=C(N[C@@H](Cc1ccccc1)c1nc2ccccc2n1Cc1ccc(Cl)cc1)c1ccccc1. The largest absolute Gasteiger partial charge is 0.342 e. The molecule has 1 heterocycles. The lowest BCUT2D eigenvalue weighted by Crippen LogP contribution is -2.32. The average Bonchev–Trinajstić information content (AvgIpc) is 3.24. The Morgan fingerprint density at radius 2 is 1.44 bits per heavy atom. The summed E-state index contributed by atoms with van der Waals surface area (Å²) in [6, 6.07) is 35.1. The highest BCUT2D eigenvalue weighted by molar-refractivity contribution is 6.30. The minimum atomic E-state index is -0.310. The van der Waals surface area contributed by atoms with E-state index in [4.69, 9.17) is 16.6 Å². The van der Waals surface area contributed by atoms with E-state index in [-0.39, 0.29) is 11.9 Å². The van der Waals surface area contributed by atoms with Crippen molar-refractivity contribution in [2.45, 2.75) is 19.0 Å². The number of nitrogens with zero attached hydrogens (tertiary/aromatic N) is 2. The van der Waals surface area contributed by atoms with Gasteiger partial charge >= 0.3 is 0 Å². The number of carbonyl (C=O) groups excluding carboxylic acids is 1. The number of hydrogen-bond donors (Lipinski definition) is 1. The van der Waals surface area contributed by atoms with Gasteiger partial charge in [-0.2, -0.15) is 0 Å². The van der Waals surface area contributed by atoms with Crippen LogP contribution in [0.2, 0.25) is 5.02 Å². The van der Waals surface area contributed by atoms with Gasteiger partial charge in [-0.25, -0.2) is 4.98 Å².